The van der Waals surface area contributed by atoms with Crippen molar-refractivity contribution < 1.29 is 27.1 Å². The van der Waals surface area contributed by atoms with Crippen molar-refractivity contribution in [3.63, 3.8) is 0 Å². The summed E-state index contributed by atoms with van der Waals surface area (Å²) in [7, 11) is -2.15. The highest BCUT2D eigenvalue weighted by atomic mass is 35.5. The quantitative estimate of drug-likeness (QED) is 0.567. The predicted octanol–water partition coefficient (Wildman–Crippen LogP) is 2.05. The monoisotopic (exact) mass is 436 g/mol. The molecule has 1 heterocycles. The maximum atomic E-state index is 13.3. The second-order valence-corrected chi connectivity index (χ2v) is 8.85. The van der Waals surface area contributed by atoms with Crippen molar-refractivity contribution in [2.75, 3.05) is 46.6 Å². The van der Waals surface area contributed by atoms with E-state index in [1.165, 1.54) is 10.4 Å². The molecule has 1 amide bonds. The molecule has 1 saturated heterocycles. The number of hydrogen-bond acceptors (Lipinski definition) is 5. The molecule has 1 fully saturated rings. The van der Waals surface area contributed by atoms with Crippen LogP contribution in [0.2, 0.25) is 5.02 Å². The molecular formula is C18H26ClFN2O5S. The Balaban J connectivity index is 1.77. The van der Waals surface area contributed by atoms with Crippen molar-refractivity contribution in [3.05, 3.63) is 29.0 Å². The molecule has 0 saturated carbocycles. The van der Waals surface area contributed by atoms with Crippen LogP contribution < -0.4 is 5.32 Å². The summed E-state index contributed by atoms with van der Waals surface area (Å²) in [5.74, 6) is -0.962. The number of nitrogens with zero attached hydrogens (tertiary/aromatic N) is 1. The Morgan fingerprint density at radius 3 is 2.64 bits per heavy atom. The van der Waals surface area contributed by atoms with Gasteiger partial charge in [-0.2, -0.15) is 4.31 Å². The molecular weight excluding hydrogens is 411 g/mol. The van der Waals surface area contributed by atoms with E-state index in [-0.39, 0.29) is 34.8 Å². The summed E-state index contributed by atoms with van der Waals surface area (Å²) < 4.78 is 50.1. The minimum Gasteiger partial charge on any atom is -0.382 e. The maximum absolute atomic E-state index is 13.3. The molecule has 0 bridgehead atoms. The number of ether oxygens (including phenoxy) is 2. The average Bonchev–Trinajstić information content (AvgIpc) is 2.69. The summed E-state index contributed by atoms with van der Waals surface area (Å²) in [6.07, 6.45) is 1.57. The number of carbonyl (C=O) groups is 1. The van der Waals surface area contributed by atoms with Gasteiger partial charge in [0.2, 0.25) is 15.9 Å². The van der Waals surface area contributed by atoms with Gasteiger partial charge in [-0.05, 0) is 37.5 Å². The van der Waals surface area contributed by atoms with Crippen LogP contribution in [0.4, 0.5) is 4.39 Å². The van der Waals surface area contributed by atoms with Gasteiger partial charge in [0, 0.05) is 39.3 Å². The number of amides is 1. The third-order valence-electron chi connectivity index (χ3n) is 4.55. The first-order chi connectivity index (χ1) is 13.4. The number of methoxy groups -OCH3 is 1. The Morgan fingerprint density at radius 1 is 1.29 bits per heavy atom. The van der Waals surface area contributed by atoms with E-state index in [1.54, 1.807) is 7.11 Å². The Kier molecular flexibility index (Phi) is 9.10. The van der Waals surface area contributed by atoms with Crippen LogP contribution in [0.3, 0.4) is 0 Å². The minimum atomic E-state index is -3.76. The normalized spacial score (nSPS) is 16.2. The minimum absolute atomic E-state index is 0.0460. The third kappa shape index (κ3) is 6.38. The number of rotatable bonds is 10. The molecule has 2 rings (SSSR count). The van der Waals surface area contributed by atoms with Gasteiger partial charge in [0.25, 0.3) is 0 Å². The van der Waals surface area contributed by atoms with Crippen LogP contribution in [-0.4, -0.2) is 65.2 Å². The van der Waals surface area contributed by atoms with Crippen LogP contribution in [-0.2, 0) is 24.3 Å². The zero-order chi connectivity index (χ0) is 20.6. The lowest BCUT2D eigenvalue weighted by molar-refractivity contribution is -0.126. The average molecular weight is 437 g/mol. The summed E-state index contributed by atoms with van der Waals surface area (Å²) in [4.78, 5) is 12.2. The zero-order valence-electron chi connectivity index (χ0n) is 15.8. The number of sulfonamides is 1. The summed E-state index contributed by atoms with van der Waals surface area (Å²) >= 11 is 5.69. The van der Waals surface area contributed by atoms with Gasteiger partial charge in [-0.15, -0.1) is 0 Å². The van der Waals surface area contributed by atoms with Crippen molar-refractivity contribution in [2.45, 2.75) is 24.2 Å². The van der Waals surface area contributed by atoms with Crippen LogP contribution in [0, 0.1) is 11.7 Å². The van der Waals surface area contributed by atoms with Crippen molar-refractivity contribution >= 4 is 27.5 Å². The molecule has 7 nitrogen and oxygen atoms in total. The molecule has 0 radical (unpaired) electrons. The van der Waals surface area contributed by atoms with Crippen molar-refractivity contribution in [2.24, 2.45) is 5.92 Å². The van der Waals surface area contributed by atoms with Crippen LogP contribution in [0.15, 0.2) is 23.1 Å². The van der Waals surface area contributed by atoms with Crippen molar-refractivity contribution in [3.8, 4) is 0 Å². The van der Waals surface area contributed by atoms with E-state index in [1.807, 2.05) is 0 Å². The standard InChI is InChI=1S/C18H26ClFN2O5S/c1-26-11-12-27-10-2-7-21-18(23)14-5-8-22(9-6-14)28(24,25)15-3-4-17(20)16(19)13-15/h3-4,13-14H,2,5-12H2,1H3,(H,21,23). The van der Waals surface area contributed by atoms with E-state index < -0.39 is 15.8 Å². The topological polar surface area (TPSA) is 84.9 Å². The molecule has 28 heavy (non-hydrogen) atoms. The van der Waals surface area contributed by atoms with E-state index in [0.717, 1.165) is 12.1 Å². The van der Waals surface area contributed by atoms with Gasteiger partial charge < -0.3 is 14.8 Å². The van der Waals surface area contributed by atoms with Gasteiger partial charge in [-0.25, -0.2) is 12.8 Å². The highest BCUT2D eigenvalue weighted by molar-refractivity contribution is 7.89. The lowest BCUT2D eigenvalue weighted by Gasteiger charge is -2.30. The second-order valence-electron chi connectivity index (χ2n) is 6.50. The molecule has 1 aromatic rings. The fourth-order valence-corrected chi connectivity index (χ4v) is 4.66. The molecule has 10 heteroatoms. The number of benzene rings is 1. The van der Waals surface area contributed by atoms with E-state index in [9.17, 15) is 17.6 Å². The first kappa shape index (κ1) is 23.0. The van der Waals surface area contributed by atoms with Gasteiger partial charge in [-0.1, -0.05) is 11.6 Å². The number of nitrogens with one attached hydrogen (secondary N) is 1. The molecule has 158 valence electrons. The van der Waals surface area contributed by atoms with E-state index >= 15 is 0 Å². The number of halogens is 2. The third-order valence-corrected chi connectivity index (χ3v) is 6.73. The van der Waals surface area contributed by atoms with E-state index in [4.69, 9.17) is 21.1 Å². The Morgan fingerprint density at radius 2 is 2.00 bits per heavy atom. The van der Waals surface area contributed by atoms with Gasteiger partial charge in [0.05, 0.1) is 23.1 Å². The zero-order valence-corrected chi connectivity index (χ0v) is 17.4. The fraction of sp³-hybridized carbons (Fsp3) is 0.611. The fourth-order valence-electron chi connectivity index (χ4n) is 2.92. The molecule has 1 aromatic carbocycles. The molecule has 1 aliphatic rings. The van der Waals surface area contributed by atoms with Gasteiger partial charge in [0.15, 0.2) is 0 Å². The summed E-state index contributed by atoms with van der Waals surface area (Å²) in [5, 5.41) is 2.63. The van der Waals surface area contributed by atoms with Crippen LogP contribution in [0.25, 0.3) is 0 Å². The molecule has 0 aromatic heterocycles. The SMILES string of the molecule is COCCOCCCNC(=O)C1CCN(S(=O)(=O)c2ccc(F)c(Cl)c2)CC1. The van der Waals surface area contributed by atoms with Crippen molar-refractivity contribution in [1.29, 1.82) is 0 Å². The summed E-state index contributed by atoms with van der Waals surface area (Å²) in [6.45, 7) is 2.58. The van der Waals surface area contributed by atoms with Crippen molar-refractivity contribution in [1.82, 2.24) is 9.62 Å². The van der Waals surface area contributed by atoms with E-state index in [2.05, 4.69) is 5.32 Å². The first-order valence-electron chi connectivity index (χ1n) is 9.16. The second kappa shape index (κ2) is 11.1. The highest BCUT2D eigenvalue weighted by Crippen LogP contribution is 2.26. The van der Waals surface area contributed by atoms with Gasteiger partial charge >= 0.3 is 0 Å². The predicted molar refractivity (Wildman–Crippen MR) is 103 cm³/mol. The molecule has 0 aliphatic carbocycles. The van der Waals surface area contributed by atoms with Gasteiger partial charge in [-0.3, -0.25) is 4.79 Å². The number of piperidine rings is 1. The molecule has 1 aliphatic heterocycles. The molecule has 0 unspecified atom stereocenters. The molecule has 1 N–H and O–H groups in total. The lowest BCUT2D eigenvalue weighted by atomic mass is 9.97. The summed E-state index contributed by atoms with van der Waals surface area (Å²) in [6, 6.07) is 3.35. The highest BCUT2D eigenvalue weighted by Gasteiger charge is 2.32. The largest absolute Gasteiger partial charge is 0.382 e. The first-order valence-corrected chi connectivity index (χ1v) is 11.0. The molecule has 0 atom stereocenters. The maximum Gasteiger partial charge on any atom is 0.243 e. The molecule has 0 spiro atoms. The Hall–Kier alpha value is -1.26. The Bertz CT molecular complexity index is 754. The van der Waals surface area contributed by atoms with E-state index in [0.29, 0.717) is 45.6 Å². The number of hydrogen-bond donors (Lipinski definition) is 1. The van der Waals surface area contributed by atoms with Crippen LogP contribution in [0.1, 0.15) is 19.3 Å². The summed E-state index contributed by atoms with van der Waals surface area (Å²) in [5.41, 5.74) is 0. The number of carbonyl (C=O) groups excluding carboxylic acids is 1. The lowest BCUT2D eigenvalue weighted by Crippen LogP contribution is -2.43. The Labute approximate surface area is 170 Å². The van der Waals surface area contributed by atoms with Crippen LogP contribution >= 0.6 is 11.6 Å². The van der Waals surface area contributed by atoms with Crippen LogP contribution in [0.5, 0.6) is 0 Å². The van der Waals surface area contributed by atoms with Gasteiger partial charge in [0.1, 0.15) is 5.82 Å². The smallest absolute Gasteiger partial charge is 0.243 e.